The van der Waals surface area contributed by atoms with Crippen LogP contribution in [0.2, 0.25) is 0 Å². The Labute approximate surface area is 167 Å². The van der Waals surface area contributed by atoms with Gasteiger partial charge in [-0.15, -0.1) is 16.4 Å². The van der Waals surface area contributed by atoms with Crippen molar-refractivity contribution in [3.05, 3.63) is 64.4 Å². The molecule has 0 bridgehead atoms. The molecule has 0 saturated heterocycles. The molecule has 1 N–H and O–H groups in total. The molecule has 29 heavy (non-hydrogen) atoms. The summed E-state index contributed by atoms with van der Waals surface area (Å²) in [5, 5.41) is 8.15. The molecule has 0 aliphatic rings. The van der Waals surface area contributed by atoms with Crippen LogP contribution in [0, 0.1) is 13.8 Å². The van der Waals surface area contributed by atoms with Gasteiger partial charge in [-0.1, -0.05) is 18.2 Å². The molecule has 0 atom stereocenters. The largest absolute Gasteiger partial charge is 0.433 e. The van der Waals surface area contributed by atoms with Crippen molar-refractivity contribution < 1.29 is 18.0 Å². The fourth-order valence-corrected chi connectivity index (χ4v) is 3.45. The second kappa shape index (κ2) is 6.96. The number of anilines is 1. The van der Waals surface area contributed by atoms with E-state index >= 15 is 0 Å². The number of carbonyl (C=O) groups is 1. The third-order valence-electron chi connectivity index (χ3n) is 4.22. The summed E-state index contributed by atoms with van der Waals surface area (Å²) < 4.78 is 41.3. The standard InChI is InChI=1S/C19H14F3N5OS/c1-10-5-6-11(2)12(8-10)23-17(28)16-25-18-24-13(14-4-3-7-29-14)9-15(19(20,21)22)27(18)26-16/h3-9H,1-2H3,(H,23,28). The molecular formula is C19H14F3N5OS. The smallest absolute Gasteiger partial charge is 0.319 e. The highest BCUT2D eigenvalue weighted by Crippen LogP contribution is 2.33. The molecule has 0 radical (unpaired) electrons. The number of halogens is 3. The molecule has 3 heterocycles. The number of amides is 1. The van der Waals surface area contributed by atoms with Crippen molar-refractivity contribution in [3.63, 3.8) is 0 Å². The Balaban J connectivity index is 1.78. The lowest BCUT2D eigenvalue weighted by Gasteiger charge is -2.09. The first kappa shape index (κ1) is 19.1. The predicted octanol–water partition coefficient (Wildman–Crippen LogP) is 4.74. The minimum Gasteiger partial charge on any atom is -0.319 e. The van der Waals surface area contributed by atoms with Crippen molar-refractivity contribution in [1.82, 2.24) is 19.6 Å². The lowest BCUT2D eigenvalue weighted by Crippen LogP contribution is -2.16. The summed E-state index contributed by atoms with van der Waals surface area (Å²) in [6.45, 7) is 3.67. The summed E-state index contributed by atoms with van der Waals surface area (Å²) in [7, 11) is 0. The number of thiophene rings is 1. The summed E-state index contributed by atoms with van der Waals surface area (Å²) in [6, 6.07) is 9.76. The van der Waals surface area contributed by atoms with E-state index in [4.69, 9.17) is 0 Å². The van der Waals surface area contributed by atoms with Crippen molar-refractivity contribution in [3.8, 4) is 10.6 Å². The lowest BCUT2D eigenvalue weighted by molar-refractivity contribution is -0.142. The Morgan fingerprint density at radius 1 is 1.14 bits per heavy atom. The van der Waals surface area contributed by atoms with Gasteiger partial charge >= 0.3 is 6.18 Å². The normalized spacial score (nSPS) is 11.8. The van der Waals surface area contributed by atoms with Crippen LogP contribution in [-0.2, 0) is 6.18 Å². The van der Waals surface area contributed by atoms with Gasteiger partial charge in [-0.2, -0.15) is 22.7 Å². The fourth-order valence-electron chi connectivity index (χ4n) is 2.77. The zero-order chi connectivity index (χ0) is 20.8. The van der Waals surface area contributed by atoms with Gasteiger partial charge in [0.25, 0.3) is 11.7 Å². The topological polar surface area (TPSA) is 72.2 Å². The first-order valence-electron chi connectivity index (χ1n) is 8.50. The summed E-state index contributed by atoms with van der Waals surface area (Å²) >= 11 is 1.26. The maximum absolute atomic E-state index is 13.6. The van der Waals surface area contributed by atoms with Crippen LogP contribution in [-0.4, -0.2) is 25.5 Å². The van der Waals surface area contributed by atoms with Gasteiger partial charge in [0.05, 0.1) is 10.6 Å². The maximum atomic E-state index is 13.6. The maximum Gasteiger partial charge on any atom is 0.433 e. The van der Waals surface area contributed by atoms with E-state index in [1.54, 1.807) is 23.6 Å². The summed E-state index contributed by atoms with van der Waals surface area (Å²) in [4.78, 5) is 21.2. The predicted molar refractivity (Wildman–Crippen MR) is 103 cm³/mol. The summed E-state index contributed by atoms with van der Waals surface area (Å²) in [6.07, 6.45) is -4.69. The van der Waals surface area contributed by atoms with Gasteiger partial charge in [0.2, 0.25) is 5.82 Å². The average molecular weight is 417 g/mol. The quantitative estimate of drug-likeness (QED) is 0.523. The molecule has 3 aromatic heterocycles. The van der Waals surface area contributed by atoms with Crippen LogP contribution in [0.1, 0.15) is 27.4 Å². The van der Waals surface area contributed by atoms with Crippen LogP contribution in [0.15, 0.2) is 41.8 Å². The highest BCUT2D eigenvalue weighted by Gasteiger charge is 2.36. The van der Waals surface area contributed by atoms with E-state index < -0.39 is 23.6 Å². The van der Waals surface area contributed by atoms with Gasteiger partial charge in [0, 0.05) is 5.69 Å². The number of hydrogen-bond donors (Lipinski definition) is 1. The molecular weight excluding hydrogens is 403 g/mol. The van der Waals surface area contributed by atoms with Crippen LogP contribution in [0.3, 0.4) is 0 Å². The molecule has 0 aliphatic carbocycles. The number of fused-ring (bicyclic) bond motifs is 1. The first-order chi connectivity index (χ1) is 13.7. The molecule has 1 amide bonds. The third-order valence-corrected chi connectivity index (χ3v) is 5.11. The van der Waals surface area contributed by atoms with Gasteiger partial charge in [-0.25, -0.2) is 4.98 Å². The number of benzene rings is 1. The molecule has 10 heteroatoms. The fraction of sp³-hybridized carbons (Fsp3) is 0.158. The molecule has 4 aromatic rings. The molecule has 148 valence electrons. The van der Waals surface area contributed by atoms with Crippen LogP contribution >= 0.6 is 11.3 Å². The molecule has 0 fully saturated rings. The Morgan fingerprint density at radius 3 is 2.62 bits per heavy atom. The number of nitrogens with zero attached hydrogens (tertiary/aromatic N) is 4. The van der Waals surface area contributed by atoms with Crippen LogP contribution < -0.4 is 5.32 Å². The zero-order valence-corrected chi connectivity index (χ0v) is 16.1. The van der Waals surface area contributed by atoms with E-state index in [0.717, 1.165) is 17.2 Å². The van der Waals surface area contributed by atoms with E-state index in [1.807, 2.05) is 26.0 Å². The average Bonchev–Trinajstić information content (AvgIpc) is 3.32. The number of aryl methyl sites for hydroxylation is 2. The van der Waals surface area contributed by atoms with Crippen molar-refractivity contribution in [2.75, 3.05) is 5.32 Å². The van der Waals surface area contributed by atoms with E-state index in [9.17, 15) is 18.0 Å². The number of rotatable bonds is 3. The first-order valence-corrected chi connectivity index (χ1v) is 9.38. The number of alkyl halides is 3. The molecule has 0 spiro atoms. The zero-order valence-electron chi connectivity index (χ0n) is 15.3. The van der Waals surface area contributed by atoms with E-state index in [0.29, 0.717) is 15.1 Å². The van der Waals surface area contributed by atoms with Gasteiger partial charge in [-0.3, -0.25) is 4.79 Å². The van der Waals surface area contributed by atoms with Gasteiger partial charge in [0.15, 0.2) is 5.69 Å². The van der Waals surface area contributed by atoms with Crippen LogP contribution in [0.4, 0.5) is 18.9 Å². The second-order valence-corrected chi connectivity index (χ2v) is 7.37. The molecule has 1 aromatic carbocycles. The number of aromatic nitrogens is 4. The number of carbonyl (C=O) groups excluding carboxylic acids is 1. The Hall–Kier alpha value is -3.27. The van der Waals surface area contributed by atoms with E-state index in [-0.39, 0.29) is 11.5 Å². The minimum atomic E-state index is -4.69. The van der Waals surface area contributed by atoms with Crippen LogP contribution in [0.25, 0.3) is 16.3 Å². The SMILES string of the molecule is Cc1ccc(C)c(NC(=O)c2nc3nc(-c4cccs4)cc(C(F)(F)F)n3n2)c1. The minimum absolute atomic E-state index is 0.119. The highest BCUT2D eigenvalue weighted by atomic mass is 32.1. The Kier molecular flexibility index (Phi) is 4.58. The molecule has 0 aliphatic heterocycles. The van der Waals surface area contributed by atoms with Crippen molar-refractivity contribution >= 4 is 28.7 Å². The van der Waals surface area contributed by atoms with Gasteiger partial charge in [-0.05, 0) is 48.6 Å². The third kappa shape index (κ3) is 3.70. The summed E-state index contributed by atoms with van der Waals surface area (Å²) in [5.74, 6) is -1.41. The Bertz CT molecular complexity index is 1210. The van der Waals surface area contributed by atoms with Crippen molar-refractivity contribution in [2.24, 2.45) is 0 Å². The van der Waals surface area contributed by atoms with Crippen molar-refractivity contribution in [1.29, 1.82) is 0 Å². The van der Waals surface area contributed by atoms with E-state index in [1.165, 1.54) is 11.3 Å². The Morgan fingerprint density at radius 2 is 1.93 bits per heavy atom. The molecule has 0 unspecified atom stereocenters. The lowest BCUT2D eigenvalue weighted by atomic mass is 10.1. The van der Waals surface area contributed by atoms with Crippen molar-refractivity contribution in [2.45, 2.75) is 20.0 Å². The monoisotopic (exact) mass is 417 g/mol. The van der Waals surface area contributed by atoms with Gasteiger partial charge in [0.1, 0.15) is 0 Å². The number of hydrogen-bond acceptors (Lipinski definition) is 5. The van der Waals surface area contributed by atoms with E-state index in [2.05, 4.69) is 20.4 Å². The number of nitrogens with one attached hydrogen (secondary N) is 1. The summed E-state index contributed by atoms with van der Waals surface area (Å²) in [5.41, 5.74) is 1.34. The molecule has 0 saturated carbocycles. The molecule has 6 nitrogen and oxygen atoms in total. The van der Waals surface area contributed by atoms with Gasteiger partial charge < -0.3 is 5.32 Å². The molecule has 4 rings (SSSR count). The second-order valence-electron chi connectivity index (χ2n) is 6.42. The van der Waals surface area contributed by atoms with Crippen LogP contribution in [0.5, 0.6) is 0 Å². The highest BCUT2D eigenvalue weighted by molar-refractivity contribution is 7.13.